The van der Waals surface area contributed by atoms with E-state index >= 15 is 0 Å². The highest BCUT2D eigenvalue weighted by Crippen LogP contribution is 2.58. The molecule has 0 fully saturated rings. The summed E-state index contributed by atoms with van der Waals surface area (Å²) in [7, 11) is 0. The molecule has 28 heavy (non-hydrogen) atoms. The van der Waals surface area contributed by atoms with Crippen molar-refractivity contribution in [2.24, 2.45) is 0 Å². The van der Waals surface area contributed by atoms with Gasteiger partial charge in [0.05, 0.1) is 0 Å². The lowest BCUT2D eigenvalue weighted by molar-refractivity contribution is -0.394. The van der Waals surface area contributed by atoms with E-state index in [2.05, 4.69) is 0 Å². The molecule has 0 aliphatic heterocycles. The van der Waals surface area contributed by atoms with E-state index in [1.54, 1.807) is 0 Å². The van der Waals surface area contributed by atoms with E-state index in [1.165, 1.54) is 0 Å². The Bertz CT molecular complexity index is 539. The normalized spacial score (nSPS) is 16.8. The van der Waals surface area contributed by atoms with Crippen LogP contribution in [0.1, 0.15) is 0 Å². The molecular formula is C10H2F18. The highest BCUT2D eigenvalue weighted by atomic mass is 19.4. The molecule has 0 radical (unpaired) electrons. The van der Waals surface area contributed by atoms with Crippen LogP contribution in [0.3, 0.4) is 0 Å². The molecule has 0 unspecified atom stereocenters. The molecule has 168 valence electrons. The largest absolute Gasteiger partial charge is 0.457 e. The molecule has 0 aromatic rings. The van der Waals surface area contributed by atoms with Crippen LogP contribution in [0.4, 0.5) is 79.0 Å². The van der Waals surface area contributed by atoms with Gasteiger partial charge in [0.1, 0.15) is 0 Å². The van der Waals surface area contributed by atoms with Crippen LogP contribution in [0.5, 0.6) is 0 Å². The minimum atomic E-state index is -7.92. The number of hydrogen-bond donors (Lipinski definition) is 0. The minimum absolute atomic E-state index is 2.66. The van der Waals surface area contributed by atoms with Gasteiger partial charge in [-0.15, -0.1) is 0 Å². The first-order chi connectivity index (χ1) is 11.7. The number of hydrogen-bond acceptors (Lipinski definition) is 0. The maximum Gasteiger partial charge on any atom is 0.457 e. The topological polar surface area (TPSA) is 0 Å². The Balaban J connectivity index is 7.02. The lowest BCUT2D eigenvalue weighted by atomic mass is 9.86. The van der Waals surface area contributed by atoms with Crippen molar-refractivity contribution in [3.8, 4) is 0 Å². The molecule has 0 aliphatic carbocycles. The summed E-state index contributed by atoms with van der Waals surface area (Å²) >= 11 is 0. The first kappa shape index (κ1) is 26.5. The van der Waals surface area contributed by atoms with Crippen molar-refractivity contribution in [3.05, 3.63) is 12.2 Å². The Morgan fingerprint density at radius 1 is 0.286 bits per heavy atom. The second-order valence-electron chi connectivity index (χ2n) is 4.90. The predicted molar refractivity (Wildman–Crippen MR) is 50.9 cm³/mol. The van der Waals surface area contributed by atoms with Crippen molar-refractivity contribution >= 4 is 0 Å². The molecule has 0 saturated carbocycles. The summed E-state index contributed by atoms with van der Waals surface area (Å²) in [4.78, 5) is 0. The maximum absolute atomic E-state index is 13.7. The van der Waals surface area contributed by atoms with Gasteiger partial charge in [-0.2, -0.15) is 70.2 Å². The monoisotopic (exact) mass is 464 g/mol. The first-order valence-corrected chi connectivity index (χ1v) is 5.81. The fourth-order valence-corrected chi connectivity index (χ4v) is 1.40. The van der Waals surface area contributed by atoms with Gasteiger partial charge in [-0.3, -0.25) is 0 Å². The van der Waals surface area contributed by atoms with Gasteiger partial charge in [0.25, 0.3) is 5.67 Å². The summed E-state index contributed by atoms with van der Waals surface area (Å²) in [6.45, 7) is 0. The highest BCUT2D eigenvalue weighted by molar-refractivity contribution is 5.25. The van der Waals surface area contributed by atoms with Crippen LogP contribution < -0.4 is 0 Å². The Hall–Kier alpha value is -1.52. The van der Waals surface area contributed by atoms with Crippen LogP contribution in [0.2, 0.25) is 0 Å². The van der Waals surface area contributed by atoms with Gasteiger partial charge in [0.15, 0.2) is 0 Å². The Kier molecular flexibility index (Phi) is 6.14. The highest BCUT2D eigenvalue weighted by Gasteiger charge is 2.86. The zero-order valence-electron chi connectivity index (χ0n) is 12.0. The molecule has 0 N–H and O–H groups in total. The molecule has 0 rings (SSSR count). The van der Waals surface area contributed by atoms with Crippen molar-refractivity contribution in [1.82, 2.24) is 0 Å². The summed E-state index contributed by atoms with van der Waals surface area (Å²) in [5.74, 6) is -15.8. The second kappa shape index (κ2) is 6.50. The Morgan fingerprint density at radius 3 is 0.679 bits per heavy atom. The third-order valence-corrected chi connectivity index (χ3v) is 2.99. The SMILES string of the molecule is FC(F)(F)C(F)(F)C(F)(C=CC(F)(C(F)(F)F)C(F)(F)F)C(F)(F)C(F)(F)F. The Morgan fingerprint density at radius 2 is 0.500 bits per heavy atom. The summed E-state index contributed by atoms with van der Waals surface area (Å²) in [6.07, 6.45) is -35.5. The van der Waals surface area contributed by atoms with Crippen LogP contribution >= 0.6 is 0 Å². The van der Waals surface area contributed by atoms with Gasteiger partial charge < -0.3 is 0 Å². The smallest absolute Gasteiger partial charge is 0.225 e. The molecule has 0 aromatic heterocycles. The number of alkyl halides is 18. The molecule has 0 nitrogen and oxygen atoms in total. The molecule has 18 heteroatoms. The third-order valence-electron chi connectivity index (χ3n) is 2.99. The van der Waals surface area contributed by atoms with E-state index in [-0.39, 0.29) is 0 Å². The van der Waals surface area contributed by atoms with Gasteiger partial charge >= 0.3 is 42.2 Å². The second-order valence-corrected chi connectivity index (χ2v) is 4.90. The average molecular weight is 464 g/mol. The summed E-state index contributed by atoms with van der Waals surface area (Å²) in [5.41, 5.74) is -14.7. The summed E-state index contributed by atoms with van der Waals surface area (Å²) in [6, 6.07) is 0. The quantitative estimate of drug-likeness (QED) is 0.330. The van der Waals surface area contributed by atoms with E-state index in [9.17, 15) is 79.0 Å². The van der Waals surface area contributed by atoms with Crippen LogP contribution in [-0.2, 0) is 0 Å². The molecule has 0 bridgehead atoms. The molecule has 0 spiro atoms. The zero-order chi connectivity index (χ0) is 23.4. The number of halogens is 18. The average Bonchev–Trinajstić information content (AvgIpc) is 2.38. The van der Waals surface area contributed by atoms with Gasteiger partial charge in [0, 0.05) is 0 Å². The molecule has 0 saturated heterocycles. The van der Waals surface area contributed by atoms with Gasteiger partial charge in [-0.05, 0) is 12.2 Å². The van der Waals surface area contributed by atoms with E-state index in [0.717, 1.165) is 0 Å². The van der Waals surface area contributed by atoms with Gasteiger partial charge in [-0.1, -0.05) is 0 Å². The van der Waals surface area contributed by atoms with E-state index < -0.39 is 60.0 Å². The van der Waals surface area contributed by atoms with Crippen LogP contribution in [-0.4, -0.2) is 47.9 Å². The molecule has 0 atom stereocenters. The van der Waals surface area contributed by atoms with Crippen molar-refractivity contribution < 1.29 is 79.0 Å². The van der Waals surface area contributed by atoms with Crippen LogP contribution in [0, 0.1) is 0 Å². The van der Waals surface area contributed by atoms with Crippen LogP contribution in [0.15, 0.2) is 12.2 Å². The van der Waals surface area contributed by atoms with E-state index in [1.807, 2.05) is 0 Å². The van der Waals surface area contributed by atoms with Crippen LogP contribution in [0.25, 0.3) is 0 Å². The third kappa shape index (κ3) is 3.81. The molecule has 0 aliphatic rings. The van der Waals surface area contributed by atoms with E-state index in [0.29, 0.717) is 0 Å². The molecule has 0 heterocycles. The van der Waals surface area contributed by atoms with Gasteiger partial charge in [-0.25, -0.2) is 8.78 Å². The zero-order valence-corrected chi connectivity index (χ0v) is 12.0. The maximum atomic E-state index is 13.7. The standard InChI is InChI=1S/C10H2F18/c11-3(5(13,14)9(23,24)25,6(15,16)10(26,27)28)1-2-4(12,7(17,18)19)8(20,21)22/h1-2H. The van der Waals surface area contributed by atoms with Crippen molar-refractivity contribution in [2.75, 3.05) is 0 Å². The molecule has 0 amide bonds. The van der Waals surface area contributed by atoms with E-state index in [4.69, 9.17) is 0 Å². The number of allylic oxidation sites excluding steroid dienone is 2. The minimum Gasteiger partial charge on any atom is -0.225 e. The lowest BCUT2D eigenvalue weighted by Crippen LogP contribution is -2.67. The van der Waals surface area contributed by atoms with Crippen molar-refractivity contribution in [1.29, 1.82) is 0 Å². The summed E-state index contributed by atoms with van der Waals surface area (Å²) in [5, 5.41) is 0. The first-order valence-electron chi connectivity index (χ1n) is 5.81. The Labute approximate surface area is 140 Å². The van der Waals surface area contributed by atoms with Crippen molar-refractivity contribution in [2.45, 2.75) is 47.9 Å². The molecular weight excluding hydrogens is 462 g/mol. The number of rotatable bonds is 4. The predicted octanol–water partition coefficient (Wildman–Crippen LogP) is 6.48. The summed E-state index contributed by atoms with van der Waals surface area (Å²) < 4.78 is 224. The van der Waals surface area contributed by atoms with Crippen molar-refractivity contribution in [3.63, 3.8) is 0 Å². The fraction of sp³-hybridized carbons (Fsp3) is 0.800. The fourth-order valence-electron chi connectivity index (χ4n) is 1.40. The lowest BCUT2D eigenvalue weighted by Gasteiger charge is -2.38. The van der Waals surface area contributed by atoms with Gasteiger partial charge in [0.2, 0.25) is 0 Å². The molecule has 0 aromatic carbocycles.